The van der Waals surface area contributed by atoms with Crippen molar-refractivity contribution in [2.45, 2.75) is 31.9 Å². The first-order valence-electron chi connectivity index (χ1n) is 8.23. The molecule has 0 atom stereocenters. The lowest BCUT2D eigenvalue weighted by Crippen LogP contribution is -2.43. The molecule has 1 aliphatic rings. The van der Waals surface area contributed by atoms with Crippen molar-refractivity contribution >= 4 is 5.91 Å². The van der Waals surface area contributed by atoms with Crippen LogP contribution in [0.5, 0.6) is 0 Å². The first kappa shape index (κ1) is 18.8. The number of aliphatic hydroxyl groups excluding tert-OH is 1. The Morgan fingerprint density at radius 1 is 1.25 bits per heavy atom. The molecule has 1 aromatic carbocycles. The molecule has 1 aromatic rings. The van der Waals surface area contributed by atoms with Gasteiger partial charge in [-0.05, 0) is 37.0 Å². The number of benzene rings is 1. The zero-order chi connectivity index (χ0) is 17.4. The van der Waals surface area contributed by atoms with E-state index in [1.807, 2.05) is 4.90 Å². The summed E-state index contributed by atoms with van der Waals surface area (Å²) in [6.07, 6.45) is 2.54. The van der Waals surface area contributed by atoms with Gasteiger partial charge in [0.2, 0.25) is 5.91 Å². The van der Waals surface area contributed by atoms with Crippen LogP contribution in [0.3, 0.4) is 0 Å². The largest absolute Gasteiger partial charge is 0.396 e. The normalized spacial score (nSPS) is 16.3. The minimum absolute atomic E-state index is 0.105. The molecule has 1 fully saturated rings. The number of carbonyl (C=O) groups is 1. The summed E-state index contributed by atoms with van der Waals surface area (Å²) in [6.45, 7) is 2.60. The monoisotopic (exact) mass is 342 g/mol. The van der Waals surface area contributed by atoms with E-state index in [-0.39, 0.29) is 31.7 Å². The van der Waals surface area contributed by atoms with Gasteiger partial charge in [-0.3, -0.25) is 9.69 Å². The molecule has 0 bridgehead atoms. The number of nitrogens with one attached hydrogen (secondary N) is 1. The second kappa shape index (κ2) is 9.66. The third kappa shape index (κ3) is 6.51. The van der Waals surface area contributed by atoms with E-state index in [9.17, 15) is 13.6 Å². The van der Waals surface area contributed by atoms with Crippen LogP contribution in [-0.2, 0) is 16.1 Å². The van der Waals surface area contributed by atoms with E-state index in [0.717, 1.165) is 32.0 Å². The van der Waals surface area contributed by atoms with E-state index in [0.29, 0.717) is 18.6 Å². The van der Waals surface area contributed by atoms with Gasteiger partial charge in [0.15, 0.2) is 0 Å². The van der Waals surface area contributed by atoms with Gasteiger partial charge in [0.05, 0.1) is 12.6 Å². The SMILES string of the molecule is O=C(CN1CCC(OCCCO)CC1)NCc1cc(F)cc(F)c1. The Labute approximate surface area is 140 Å². The molecule has 1 aliphatic heterocycles. The van der Waals surface area contributed by atoms with Crippen LogP contribution < -0.4 is 5.32 Å². The summed E-state index contributed by atoms with van der Waals surface area (Å²) in [7, 11) is 0. The fourth-order valence-electron chi connectivity index (χ4n) is 2.72. The number of piperidine rings is 1. The number of hydrogen-bond acceptors (Lipinski definition) is 4. The summed E-state index contributed by atoms with van der Waals surface area (Å²) >= 11 is 0. The predicted octanol–water partition coefficient (Wildman–Crippen LogP) is 1.44. The third-order valence-electron chi connectivity index (χ3n) is 3.97. The van der Waals surface area contributed by atoms with Crippen molar-refractivity contribution < 1.29 is 23.4 Å². The molecule has 1 saturated heterocycles. The van der Waals surface area contributed by atoms with Gasteiger partial charge in [0.25, 0.3) is 0 Å². The predicted molar refractivity (Wildman–Crippen MR) is 85.3 cm³/mol. The summed E-state index contributed by atoms with van der Waals surface area (Å²) in [5.74, 6) is -1.47. The molecule has 5 nitrogen and oxygen atoms in total. The van der Waals surface area contributed by atoms with Gasteiger partial charge in [-0.15, -0.1) is 0 Å². The molecule has 2 rings (SSSR count). The summed E-state index contributed by atoms with van der Waals surface area (Å²) < 4.78 is 31.8. The topological polar surface area (TPSA) is 61.8 Å². The van der Waals surface area contributed by atoms with Gasteiger partial charge >= 0.3 is 0 Å². The molecule has 1 amide bonds. The number of aliphatic hydroxyl groups is 1. The first-order valence-corrected chi connectivity index (χ1v) is 8.23. The van der Waals surface area contributed by atoms with Crippen molar-refractivity contribution in [3.8, 4) is 0 Å². The van der Waals surface area contributed by atoms with Gasteiger partial charge in [0, 0.05) is 38.9 Å². The van der Waals surface area contributed by atoms with Crippen molar-refractivity contribution in [3.05, 3.63) is 35.4 Å². The minimum atomic E-state index is -0.650. The molecule has 0 saturated carbocycles. The number of rotatable bonds is 8. The van der Waals surface area contributed by atoms with Crippen LogP contribution in [0, 0.1) is 11.6 Å². The molecule has 0 radical (unpaired) electrons. The molecular weight excluding hydrogens is 318 g/mol. The average molecular weight is 342 g/mol. The summed E-state index contributed by atoms with van der Waals surface area (Å²) in [5, 5.41) is 11.4. The van der Waals surface area contributed by atoms with Crippen molar-refractivity contribution in [3.63, 3.8) is 0 Å². The number of carbonyl (C=O) groups excluding carboxylic acids is 1. The number of halogens is 2. The zero-order valence-corrected chi connectivity index (χ0v) is 13.6. The number of likely N-dealkylation sites (tertiary alicyclic amines) is 1. The average Bonchev–Trinajstić information content (AvgIpc) is 2.54. The highest BCUT2D eigenvalue weighted by molar-refractivity contribution is 5.78. The van der Waals surface area contributed by atoms with Gasteiger partial charge < -0.3 is 15.2 Å². The van der Waals surface area contributed by atoms with Crippen LogP contribution in [0.25, 0.3) is 0 Å². The van der Waals surface area contributed by atoms with E-state index in [1.54, 1.807) is 0 Å². The van der Waals surface area contributed by atoms with Gasteiger partial charge in [-0.2, -0.15) is 0 Å². The van der Waals surface area contributed by atoms with E-state index in [2.05, 4.69) is 5.32 Å². The van der Waals surface area contributed by atoms with Crippen LogP contribution in [0.15, 0.2) is 18.2 Å². The zero-order valence-electron chi connectivity index (χ0n) is 13.6. The molecule has 134 valence electrons. The molecular formula is C17H24F2N2O3. The summed E-state index contributed by atoms with van der Waals surface area (Å²) in [6, 6.07) is 3.22. The van der Waals surface area contributed by atoms with Gasteiger partial charge in [0.1, 0.15) is 11.6 Å². The van der Waals surface area contributed by atoms with E-state index in [1.165, 1.54) is 12.1 Å². The van der Waals surface area contributed by atoms with E-state index < -0.39 is 11.6 Å². The van der Waals surface area contributed by atoms with Crippen LogP contribution >= 0.6 is 0 Å². The highest BCUT2D eigenvalue weighted by Gasteiger charge is 2.21. The lowest BCUT2D eigenvalue weighted by molar-refractivity contribution is -0.123. The lowest BCUT2D eigenvalue weighted by Gasteiger charge is -2.31. The lowest BCUT2D eigenvalue weighted by atomic mass is 10.1. The molecule has 0 aromatic heterocycles. The molecule has 2 N–H and O–H groups in total. The fraction of sp³-hybridized carbons (Fsp3) is 0.588. The van der Waals surface area contributed by atoms with Crippen LogP contribution in [-0.4, -0.2) is 54.9 Å². The van der Waals surface area contributed by atoms with Crippen molar-refractivity contribution in [1.29, 1.82) is 0 Å². The smallest absolute Gasteiger partial charge is 0.234 e. The number of ether oxygens (including phenoxy) is 1. The Kier molecular flexibility index (Phi) is 7.55. The van der Waals surface area contributed by atoms with Crippen LogP contribution in [0.1, 0.15) is 24.8 Å². The molecule has 0 unspecified atom stereocenters. The van der Waals surface area contributed by atoms with Crippen LogP contribution in [0.2, 0.25) is 0 Å². The quantitative estimate of drug-likeness (QED) is 0.702. The Morgan fingerprint density at radius 2 is 1.92 bits per heavy atom. The molecule has 24 heavy (non-hydrogen) atoms. The maximum absolute atomic E-state index is 13.1. The third-order valence-corrected chi connectivity index (χ3v) is 3.97. The maximum atomic E-state index is 13.1. The molecule has 0 spiro atoms. The summed E-state index contributed by atoms with van der Waals surface area (Å²) in [5.41, 5.74) is 0.400. The molecule has 0 aliphatic carbocycles. The Bertz CT molecular complexity index is 514. The maximum Gasteiger partial charge on any atom is 0.234 e. The van der Waals surface area contributed by atoms with Gasteiger partial charge in [-0.25, -0.2) is 8.78 Å². The molecule has 1 heterocycles. The van der Waals surface area contributed by atoms with Crippen molar-refractivity contribution in [2.24, 2.45) is 0 Å². The van der Waals surface area contributed by atoms with Crippen molar-refractivity contribution in [2.75, 3.05) is 32.8 Å². The second-order valence-electron chi connectivity index (χ2n) is 5.98. The second-order valence-corrected chi connectivity index (χ2v) is 5.98. The van der Waals surface area contributed by atoms with Crippen LogP contribution in [0.4, 0.5) is 8.78 Å². The Balaban J connectivity index is 1.66. The van der Waals surface area contributed by atoms with Crippen molar-refractivity contribution in [1.82, 2.24) is 10.2 Å². The van der Waals surface area contributed by atoms with Gasteiger partial charge in [-0.1, -0.05) is 0 Å². The molecule has 7 heteroatoms. The van der Waals surface area contributed by atoms with E-state index >= 15 is 0 Å². The highest BCUT2D eigenvalue weighted by Crippen LogP contribution is 2.13. The Hall–Kier alpha value is -1.57. The summed E-state index contributed by atoms with van der Waals surface area (Å²) in [4.78, 5) is 14.0. The standard InChI is InChI=1S/C17H24F2N2O3/c18-14-8-13(9-15(19)10-14)11-20-17(23)12-21-4-2-16(3-5-21)24-7-1-6-22/h8-10,16,22H,1-7,11-12H2,(H,20,23). The Morgan fingerprint density at radius 3 is 2.54 bits per heavy atom. The number of amides is 1. The highest BCUT2D eigenvalue weighted by atomic mass is 19.1. The first-order chi connectivity index (χ1) is 11.6. The number of nitrogens with zero attached hydrogens (tertiary/aromatic N) is 1. The number of hydrogen-bond donors (Lipinski definition) is 2. The minimum Gasteiger partial charge on any atom is -0.396 e. The fourth-order valence-corrected chi connectivity index (χ4v) is 2.72. The van der Waals surface area contributed by atoms with E-state index in [4.69, 9.17) is 9.84 Å².